The number of hydrogen-bond donors (Lipinski definition) is 2. The SMILES string of the molecule is CC1CN(Cc2ccc(O)cc2)c2ccccc2CN1. The van der Waals surface area contributed by atoms with Gasteiger partial charge in [0, 0.05) is 31.4 Å². The number of nitrogens with one attached hydrogen (secondary N) is 1. The Kier molecular flexibility index (Phi) is 3.61. The van der Waals surface area contributed by atoms with Crippen molar-refractivity contribution in [2.24, 2.45) is 0 Å². The predicted molar refractivity (Wildman–Crippen MR) is 81.9 cm³/mol. The molecule has 1 aliphatic heterocycles. The highest BCUT2D eigenvalue weighted by atomic mass is 16.3. The van der Waals surface area contributed by atoms with Crippen LogP contribution in [0.1, 0.15) is 18.1 Å². The van der Waals surface area contributed by atoms with Gasteiger partial charge < -0.3 is 15.3 Å². The van der Waals surface area contributed by atoms with Gasteiger partial charge in [-0.1, -0.05) is 30.3 Å². The van der Waals surface area contributed by atoms with E-state index in [4.69, 9.17) is 0 Å². The number of para-hydroxylation sites is 1. The Labute approximate surface area is 119 Å². The van der Waals surface area contributed by atoms with Gasteiger partial charge in [0.1, 0.15) is 5.75 Å². The minimum Gasteiger partial charge on any atom is -0.508 e. The van der Waals surface area contributed by atoms with Crippen molar-refractivity contribution in [1.82, 2.24) is 5.32 Å². The number of fused-ring (bicyclic) bond motifs is 1. The number of phenols is 1. The third-order valence-electron chi connectivity index (χ3n) is 3.78. The molecule has 0 spiro atoms. The van der Waals surface area contributed by atoms with Crippen LogP contribution < -0.4 is 10.2 Å². The van der Waals surface area contributed by atoms with Crippen LogP contribution in [0.2, 0.25) is 0 Å². The molecule has 1 heterocycles. The fraction of sp³-hybridized carbons (Fsp3) is 0.294. The van der Waals surface area contributed by atoms with E-state index in [1.165, 1.54) is 16.8 Å². The van der Waals surface area contributed by atoms with E-state index < -0.39 is 0 Å². The minimum absolute atomic E-state index is 0.319. The zero-order valence-corrected chi connectivity index (χ0v) is 11.7. The second kappa shape index (κ2) is 5.55. The number of hydrogen-bond acceptors (Lipinski definition) is 3. The van der Waals surface area contributed by atoms with Crippen molar-refractivity contribution < 1.29 is 5.11 Å². The molecule has 104 valence electrons. The number of anilines is 1. The van der Waals surface area contributed by atoms with Crippen LogP contribution in [0.25, 0.3) is 0 Å². The molecule has 1 aliphatic rings. The van der Waals surface area contributed by atoms with E-state index in [2.05, 4.69) is 41.4 Å². The summed E-state index contributed by atoms with van der Waals surface area (Å²) in [4.78, 5) is 2.41. The van der Waals surface area contributed by atoms with Crippen molar-refractivity contribution in [2.75, 3.05) is 11.4 Å². The van der Waals surface area contributed by atoms with Crippen LogP contribution in [0.3, 0.4) is 0 Å². The number of aromatic hydroxyl groups is 1. The molecule has 1 atom stereocenters. The maximum Gasteiger partial charge on any atom is 0.115 e. The van der Waals surface area contributed by atoms with Gasteiger partial charge in [-0.2, -0.15) is 0 Å². The first kappa shape index (κ1) is 13.0. The molecule has 0 aliphatic carbocycles. The number of phenolic OH excluding ortho intramolecular Hbond substituents is 1. The molecule has 0 radical (unpaired) electrons. The fourth-order valence-corrected chi connectivity index (χ4v) is 2.72. The molecule has 1 unspecified atom stereocenters. The van der Waals surface area contributed by atoms with Gasteiger partial charge in [-0.05, 0) is 36.2 Å². The molecule has 0 saturated carbocycles. The quantitative estimate of drug-likeness (QED) is 0.879. The van der Waals surface area contributed by atoms with Gasteiger partial charge in [0.25, 0.3) is 0 Å². The van der Waals surface area contributed by atoms with Crippen LogP contribution in [0.15, 0.2) is 48.5 Å². The lowest BCUT2D eigenvalue weighted by molar-refractivity contribution is 0.475. The average molecular weight is 268 g/mol. The first-order valence-electron chi connectivity index (χ1n) is 7.06. The molecule has 0 fully saturated rings. The standard InChI is InChI=1S/C17H20N2O/c1-13-11-19(12-14-6-8-16(20)9-7-14)17-5-3-2-4-15(17)10-18-13/h2-9,13,18,20H,10-12H2,1H3. The Balaban J connectivity index is 1.88. The van der Waals surface area contributed by atoms with Crippen molar-refractivity contribution in [3.8, 4) is 5.75 Å². The van der Waals surface area contributed by atoms with Gasteiger partial charge in [-0.25, -0.2) is 0 Å². The summed E-state index contributed by atoms with van der Waals surface area (Å²) in [6.45, 7) is 4.99. The Morgan fingerprint density at radius 3 is 2.70 bits per heavy atom. The van der Waals surface area contributed by atoms with E-state index >= 15 is 0 Å². The Bertz CT molecular complexity index is 580. The molecule has 2 aromatic carbocycles. The van der Waals surface area contributed by atoms with Crippen LogP contribution in [-0.2, 0) is 13.1 Å². The van der Waals surface area contributed by atoms with Gasteiger partial charge >= 0.3 is 0 Å². The van der Waals surface area contributed by atoms with Gasteiger partial charge in [0.2, 0.25) is 0 Å². The van der Waals surface area contributed by atoms with Gasteiger partial charge in [-0.15, -0.1) is 0 Å². The normalized spacial score (nSPS) is 18.4. The number of benzene rings is 2. The second-order valence-electron chi connectivity index (χ2n) is 5.46. The molecule has 20 heavy (non-hydrogen) atoms. The molecule has 0 bridgehead atoms. The van der Waals surface area contributed by atoms with Gasteiger partial charge in [-0.3, -0.25) is 0 Å². The van der Waals surface area contributed by atoms with E-state index in [1.54, 1.807) is 12.1 Å². The molecule has 3 nitrogen and oxygen atoms in total. The lowest BCUT2D eigenvalue weighted by Gasteiger charge is -2.26. The summed E-state index contributed by atoms with van der Waals surface area (Å²) >= 11 is 0. The molecular formula is C17H20N2O. The summed E-state index contributed by atoms with van der Waals surface area (Å²) in [7, 11) is 0. The second-order valence-corrected chi connectivity index (χ2v) is 5.46. The highest BCUT2D eigenvalue weighted by Crippen LogP contribution is 2.25. The average Bonchev–Trinajstić information content (AvgIpc) is 2.62. The lowest BCUT2D eigenvalue weighted by atomic mass is 10.1. The predicted octanol–water partition coefficient (Wildman–Crippen LogP) is 2.89. The smallest absolute Gasteiger partial charge is 0.115 e. The molecular weight excluding hydrogens is 248 g/mol. The zero-order valence-electron chi connectivity index (χ0n) is 11.7. The topological polar surface area (TPSA) is 35.5 Å². The highest BCUT2D eigenvalue weighted by molar-refractivity contribution is 5.55. The van der Waals surface area contributed by atoms with E-state index in [9.17, 15) is 5.11 Å². The van der Waals surface area contributed by atoms with Crippen LogP contribution >= 0.6 is 0 Å². The van der Waals surface area contributed by atoms with Crippen molar-refractivity contribution in [1.29, 1.82) is 0 Å². The van der Waals surface area contributed by atoms with E-state index in [1.807, 2.05) is 12.1 Å². The number of nitrogens with zero attached hydrogens (tertiary/aromatic N) is 1. The van der Waals surface area contributed by atoms with Crippen LogP contribution in [0.4, 0.5) is 5.69 Å². The monoisotopic (exact) mass is 268 g/mol. The first-order valence-corrected chi connectivity index (χ1v) is 7.06. The summed E-state index contributed by atoms with van der Waals surface area (Å²) in [5.74, 6) is 0.319. The Morgan fingerprint density at radius 2 is 1.90 bits per heavy atom. The van der Waals surface area contributed by atoms with Crippen molar-refractivity contribution in [3.05, 3.63) is 59.7 Å². The van der Waals surface area contributed by atoms with Crippen molar-refractivity contribution >= 4 is 5.69 Å². The largest absolute Gasteiger partial charge is 0.508 e. The van der Waals surface area contributed by atoms with Gasteiger partial charge in [0.15, 0.2) is 0 Å². The molecule has 3 heteroatoms. The summed E-state index contributed by atoms with van der Waals surface area (Å²) in [6, 6.07) is 16.5. The maximum atomic E-state index is 9.38. The summed E-state index contributed by atoms with van der Waals surface area (Å²) in [6.07, 6.45) is 0. The molecule has 3 rings (SSSR count). The van der Waals surface area contributed by atoms with Crippen LogP contribution in [-0.4, -0.2) is 17.7 Å². The summed E-state index contributed by atoms with van der Waals surface area (Å²) in [5.41, 5.74) is 3.86. The maximum absolute atomic E-state index is 9.38. The third-order valence-corrected chi connectivity index (χ3v) is 3.78. The summed E-state index contributed by atoms with van der Waals surface area (Å²) < 4.78 is 0. The van der Waals surface area contributed by atoms with Crippen molar-refractivity contribution in [2.45, 2.75) is 26.1 Å². The molecule has 0 saturated heterocycles. The van der Waals surface area contributed by atoms with Crippen LogP contribution in [0, 0.1) is 0 Å². The Morgan fingerprint density at radius 1 is 1.15 bits per heavy atom. The fourth-order valence-electron chi connectivity index (χ4n) is 2.72. The van der Waals surface area contributed by atoms with E-state index in [0.29, 0.717) is 11.8 Å². The lowest BCUT2D eigenvalue weighted by Crippen LogP contribution is -2.35. The highest BCUT2D eigenvalue weighted by Gasteiger charge is 2.18. The third kappa shape index (κ3) is 2.78. The molecule has 2 aromatic rings. The molecule has 0 aromatic heterocycles. The first-order chi connectivity index (χ1) is 9.72. The minimum atomic E-state index is 0.319. The zero-order chi connectivity index (χ0) is 13.9. The van der Waals surface area contributed by atoms with E-state index in [0.717, 1.165) is 19.6 Å². The van der Waals surface area contributed by atoms with E-state index in [-0.39, 0.29) is 0 Å². The molecule has 2 N–H and O–H groups in total. The van der Waals surface area contributed by atoms with Crippen LogP contribution in [0.5, 0.6) is 5.75 Å². The number of rotatable bonds is 2. The van der Waals surface area contributed by atoms with Crippen molar-refractivity contribution in [3.63, 3.8) is 0 Å². The Hall–Kier alpha value is -2.00. The van der Waals surface area contributed by atoms with Gasteiger partial charge in [0.05, 0.1) is 0 Å². The summed E-state index contributed by atoms with van der Waals surface area (Å²) in [5, 5.41) is 12.9. The molecule has 0 amide bonds.